The molecule has 0 saturated carbocycles. The summed E-state index contributed by atoms with van der Waals surface area (Å²) in [6, 6.07) is 4.60. The average molecular weight is 333 g/mol. The van der Waals surface area contributed by atoms with Crippen LogP contribution in [0.25, 0.3) is 0 Å². The van der Waals surface area contributed by atoms with Gasteiger partial charge in [0.15, 0.2) is 0 Å². The molecule has 6 nitrogen and oxygen atoms in total. The predicted molar refractivity (Wildman–Crippen MR) is 94.2 cm³/mol. The lowest BCUT2D eigenvalue weighted by Crippen LogP contribution is -2.40. The van der Waals surface area contributed by atoms with Crippen LogP contribution in [-0.2, 0) is 0 Å². The van der Waals surface area contributed by atoms with Gasteiger partial charge in [-0.2, -0.15) is 0 Å². The fourth-order valence-corrected chi connectivity index (χ4v) is 3.64. The van der Waals surface area contributed by atoms with E-state index in [0.29, 0.717) is 17.7 Å². The van der Waals surface area contributed by atoms with Crippen molar-refractivity contribution in [1.82, 2.24) is 10.2 Å². The number of benzene rings is 1. The van der Waals surface area contributed by atoms with Gasteiger partial charge >= 0.3 is 0 Å². The Morgan fingerprint density at radius 1 is 1.33 bits per heavy atom. The molecule has 1 aromatic rings. The van der Waals surface area contributed by atoms with Crippen LogP contribution in [0.2, 0.25) is 0 Å². The molecule has 1 heterocycles. The molecule has 1 N–H and O–H groups in total. The minimum Gasteiger partial charge on any atom is -0.352 e. The molecule has 132 valence electrons. The van der Waals surface area contributed by atoms with Gasteiger partial charge in [0.1, 0.15) is 0 Å². The molecule has 6 heteroatoms. The van der Waals surface area contributed by atoms with Gasteiger partial charge in [0.05, 0.1) is 4.92 Å². The summed E-state index contributed by atoms with van der Waals surface area (Å²) in [5.74, 6) is 1.23. The van der Waals surface area contributed by atoms with E-state index in [4.69, 9.17) is 0 Å². The Balaban J connectivity index is 1.82. The SMILES string of the molecule is Cc1c(C(=O)NCCCN2C[C@H](C)C[C@H](C)C2)cccc1[N+](=O)[O-]. The van der Waals surface area contributed by atoms with Crippen LogP contribution in [0.5, 0.6) is 0 Å². The van der Waals surface area contributed by atoms with Gasteiger partial charge < -0.3 is 10.2 Å². The highest BCUT2D eigenvalue weighted by molar-refractivity contribution is 5.96. The lowest BCUT2D eigenvalue weighted by molar-refractivity contribution is -0.385. The minimum atomic E-state index is -0.454. The summed E-state index contributed by atoms with van der Waals surface area (Å²) in [5.41, 5.74) is 0.780. The van der Waals surface area contributed by atoms with Gasteiger partial charge in [0, 0.05) is 36.8 Å². The molecule has 1 aliphatic rings. The van der Waals surface area contributed by atoms with Crippen molar-refractivity contribution in [3.63, 3.8) is 0 Å². The number of hydrogen-bond donors (Lipinski definition) is 1. The summed E-state index contributed by atoms with van der Waals surface area (Å²) in [6.07, 6.45) is 2.18. The van der Waals surface area contributed by atoms with Crippen LogP contribution in [0.3, 0.4) is 0 Å². The molecule has 1 amide bonds. The highest BCUT2D eigenvalue weighted by Crippen LogP contribution is 2.22. The minimum absolute atomic E-state index is 0.0149. The van der Waals surface area contributed by atoms with Gasteiger partial charge in [-0.25, -0.2) is 0 Å². The van der Waals surface area contributed by atoms with E-state index in [1.807, 2.05) is 0 Å². The molecule has 1 aromatic carbocycles. The van der Waals surface area contributed by atoms with Crippen LogP contribution in [0.1, 0.15) is 42.6 Å². The van der Waals surface area contributed by atoms with Gasteiger partial charge in [-0.1, -0.05) is 19.9 Å². The summed E-state index contributed by atoms with van der Waals surface area (Å²) in [5, 5.41) is 13.8. The molecular formula is C18H27N3O3. The summed E-state index contributed by atoms with van der Waals surface area (Å²) in [4.78, 5) is 25.2. The lowest BCUT2D eigenvalue weighted by Gasteiger charge is -2.34. The molecule has 0 spiro atoms. The first-order valence-corrected chi connectivity index (χ1v) is 8.63. The van der Waals surface area contributed by atoms with E-state index in [2.05, 4.69) is 24.1 Å². The van der Waals surface area contributed by atoms with Crippen molar-refractivity contribution in [3.05, 3.63) is 39.4 Å². The number of nitro benzene ring substituents is 1. The van der Waals surface area contributed by atoms with Crippen LogP contribution >= 0.6 is 0 Å². The standard InChI is InChI=1S/C18H27N3O3/c1-13-10-14(2)12-20(11-13)9-5-8-19-18(22)16-6-4-7-17(15(16)3)21(23)24/h4,6-7,13-14H,5,8-12H2,1-3H3,(H,19,22)/t13-,14+. The van der Waals surface area contributed by atoms with E-state index in [1.165, 1.54) is 12.5 Å². The summed E-state index contributed by atoms with van der Waals surface area (Å²) >= 11 is 0. The van der Waals surface area contributed by atoms with E-state index >= 15 is 0 Å². The quantitative estimate of drug-likeness (QED) is 0.493. The third kappa shape index (κ3) is 4.77. The molecule has 0 aliphatic carbocycles. The molecule has 0 aromatic heterocycles. The highest BCUT2D eigenvalue weighted by atomic mass is 16.6. The van der Waals surface area contributed by atoms with Gasteiger partial charge in [-0.3, -0.25) is 14.9 Å². The molecular weight excluding hydrogens is 306 g/mol. The first-order valence-electron chi connectivity index (χ1n) is 8.63. The van der Waals surface area contributed by atoms with Crippen molar-refractivity contribution in [2.75, 3.05) is 26.2 Å². The maximum Gasteiger partial charge on any atom is 0.273 e. The van der Waals surface area contributed by atoms with Crippen LogP contribution in [0, 0.1) is 28.9 Å². The van der Waals surface area contributed by atoms with E-state index < -0.39 is 4.92 Å². The van der Waals surface area contributed by atoms with Crippen molar-refractivity contribution in [2.45, 2.75) is 33.6 Å². The van der Waals surface area contributed by atoms with Gasteiger partial charge in [0.25, 0.3) is 11.6 Å². The average Bonchev–Trinajstić information content (AvgIpc) is 2.50. The Morgan fingerprint density at radius 3 is 2.62 bits per heavy atom. The molecule has 2 atom stereocenters. The number of carbonyl (C=O) groups is 1. The predicted octanol–water partition coefficient (Wildman–Crippen LogP) is 3.00. The van der Waals surface area contributed by atoms with Crippen LogP contribution in [0.15, 0.2) is 18.2 Å². The number of hydrogen-bond acceptors (Lipinski definition) is 4. The molecule has 0 radical (unpaired) electrons. The highest BCUT2D eigenvalue weighted by Gasteiger charge is 2.21. The Labute approximate surface area is 143 Å². The number of carbonyl (C=O) groups excluding carboxylic acids is 1. The van der Waals surface area contributed by atoms with E-state index in [-0.39, 0.29) is 11.6 Å². The first-order chi connectivity index (χ1) is 11.4. The van der Waals surface area contributed by atoms with Gasteiger partial charge in [-0.05, 0) is 44.2 Å². The second kappa shape index (κ2) is 8.24. The van der Waals surface area contributed by atoms with E-state index in [9.17, 15) is 14.9 Å². The van der Waals surface area contributed by atoms with Crippen LogP contribution in [0.4, 0.5) is 5.69 Å². The molecule has 1 aliphatic heterocycles. The number of amides is 1. The van der Waals surface area contributed by atoms with Crippen LogP contribution < -0.4 is 5.32 Å². The number of nitrogens with one attached hydrogen (secondary N) is 1. The summed E-state index contributed by atoms with van der Waals surface area (Å²) < 4.78 is 0. The van der Waals surface area contributed by atoms with Crippen molar-refractivity contribution >= 4 is 11.6 Å². The second-order valence-electron chi connectivity index (χ2n) is 7.02. The maximum absolute atomic E-state index is 12.2. The topological polar surface area (TPSA) is 75.5 Å². The van der Waals surface area contributed by atoms with Crippen LogP contribution in [-0.4, -0.2) is 41.9 Å². The van der Waals surface area contributed by atoms with Gasteiger partial charge in [0.2, 0.25) is 0 Å². The van der Waals surface area contributed by atoms with Gasteiger partial charge in [-0.15, -0.1) is 0 Å². The monoisotopic (exact) mass is 333 g/mol. The molecule has 0 bridgehead atoms. The zero-order chi connectivity index (χ0) is 17.7. The zero-order valence-electron chi connectivity index (χ0n) is 14.7. The fraction of sp³-hybridized carbons (Fsp3) is 0.611. The molecule has 1 saturated heterocycles. The van der Waals surface area contributed by atoms with E-state index in [1.54, 1.807) is 19.1 Å². The largest absolute Gasteiger partial charge is 0.352 e. The Bertz CT molecular complexity index is 593. The first kappa shape index (κ1) is 18.4. The Morgan fingerprint density at radius 2 is 2.00 bits per heavy atom. The Hall–Kier alpha value is -1.95. The number of rotatable bonds is 6. The summed E-state index contributed by atoms with van der Waals surface area (Å²) in [6.45, 7) is 10.0. The third-order valence-corrected chi connectivity index (χ3v) is 4.63. The number of nitrogens with zero attached hydrogens (tertiary/aromatic N) is 2. The van der Waals surface area contributed by atoms with E-state index in [0.717, 1.165) is 37.9 Å². The molecule has 2 rings (SSSR count). The number of likely N-dealkylation sites (tertiary alicyclic amines) is 1. The normalized spacial score (nSPS) is 21.5. The second-order valence-corrected chi connectivity index (χ2v) is 7.02. The zero-order valence-corrected chi connectivity index (χ0v) is 14.7. The van der Waals surface area contributed by atoms with Crippen molar-refractivity contribution < 1.29 is 9.72 Å². The smallest absolute Gasteiger partial charge is 0.273 e. The Kier molecular flexibility index (Phi) is 6.31. The third-order valence-electron chi connectivity index (χ3n) is 4.63. The molecule has 0 unspecified atom stereocenters. The van der Waals surface area contributed by atoms with Crippen molar-refractivity contribution in [1.29, 1.82) is 0 Å². The van der Waals surface area contributed by atoms with Crippen molar-refractivity contribution in [2.24, 2.45) is 11.8 Å². The van der Waals surface area contributed by atoms with Crippen molar-refractivity contribution in [3.8, 4) is 0 Å². The number of nitro groups is 1. The molecule has 24 heavy (non-hydrogen) atoms. The number of piperidine rings is 1. The maximum atomic E-state index is 12.2. The lowest BCUT2D eigenvalue weighted by atomic mass is 9.92. The fourth-order valence-electron chi connectivity index (χ4n) is 3.64. The summed E-state index contributed by atoms with van der Waals surface area (Å²) in [7, 11) is 0. The molecule has 1 fully saturated rings.